The topological polar surface area (TPSA) is 51.2 Å². The second-order valence-corrected chi connectivity index (χ2v) is 9.22. The van der Waals surface area contributed by atoms with Gasteiger partial charge in [0.2, 0.25) is 5.91 Å². The van der Waals surface area contributed by atoms with Gasteiger partial charge in [0, 0.05) is 58.3 Å². The fourth-order valence-electron chi connectivity index (χ4n) is 4.64. The molecule has 1 aliphatic carbocycles. The molecule has 6 heteroatoms. The number of hydrogen-bond donors (Lipinski definition) is 1. The highest BCUT2D eigenvalue weighted by atomic mass is 16.2. The molecule has 0 atom stereocenters. The van der Waals surface area contributed by atoms with Crippen LogP contribution in [0.15, 0.2) is 4.99 Å². The van der Waals surface area contributed by atoms with Crippen molar-refractivity contribution in [3.05, 3.63) is 0 Å². The molecular weight excluding hydrogens is 338 g/mol. The third-order valence-electron chi connectivity index (χ3n) is 6.38. The lowest BCUT2D eigenvalue weighted by Gasteiger charge is -2.35. The first-order chi connectivity index (χ1) is 13.0. The fourth-order valence-corrected chi connectivity index (χ4v) is 4.64. The maximum Gasteiger partial charge on any atom is 0.225 e. The van der Waals surface area contributed by atoms with E-state index in [1.807, 2.05) is 0 Å². The summed E-state index contributed by atoms with van der Waals surface area (Å²) in [4.78, 5) is 24.4. The molecule has 154 valence electrons. The first kappa shape index (κ1) is 20.4. The normalized spacial score (nSPS) is 24.6. The Morgan fingerprint density at radius 2 is 1.78 bits per heavy atom. The van der Waals surface area contributed by atoms with Gasteiger partial charge in [0.05, 0.1) is 6.54 Å². The molecule has 0 aromatic rings. The van der Waals surface area contributed by atoms with Gasteiger partial charge in [-0.15, -0.1) is 0 Å². The number of amides is 1. The van der Waals surface area contributed by atoms with Crippen molar-refractivity contribution in [2.75, 3.05) is 58.9 Å². The van der Waals surface area contributed by atoms with Crippen LogP contribution in [0.25, 0.3) is 0 Å². The van der Waals surface area contributed by atoms with Gasteiger partial charge in [-0.3, -0.25) is 14.7 Å². The van der Waals surface area contributed by atoms with E-state index in [1.54, 1.807) is 0 Å². The van der Waals surface area contributed by atoms with Crippen LogP contribution < -0.4 is 5.32 Å². The maximum atomic E-state index is 12.6. The minimum absolute atomic E-state index is 0.313. The smallest absolute Gasteiger partial charge is 0.225 e. The molecule has 3 fully saturated rings. The molecule has 2 aliphatic heterocycles. The molecule has 0 spiro atoms. The molecule has 6 nitrogen and oxygen atoms in total. The van der Waals surface area contributed by atoms with E-state index >= 15 is 0 Å². The van der Waals surface area contributed by atoms with Gasteiger partial charge in [-0.1, -0.05) is 26.7 Å². The molecule has 0 unspecified atom stereocenters. The molecule has 0 aromatic carbocycles. The summed E-state index contributed by atoms with van der Waals surface area (Å²) in [6.07, 6.45) is 5.91. The zero-order chi connectivity index (χ0) is 19.3. The summed E-state index contributed by atoms with van der Waals surface area (Å²) in [6, 6.07) is 0. The highest BCUT2D eigenvalue weighted by molar-refractivity contribution is 5.80. The van der Waals surface area contributed by atoms with E-state index in [0.29, 0.717) is 17.2 Å². The van der Waals surface area contributed by atoms with E-state index in [9.17, 15) is 4.79 Å². The lowest BCUT2D eigenvalue weighted by atomic mass is 9.93. The van der Waals surface area contributed by atoms with E-state index in [2.05, 4.69) is 40.8 Å². The molecule has 3 rings (SSSR count). The lowest BCUT2D eigenvalue weighted by molar-refractivity contribution is -0.137. The van der Waals surface area contributed by atoms with E-state index in [-0.39, 0.29) is 0 Å². The molecule has 1 saturated carbocycles. The van der Waals surface area contributed by atoms with E-state index < -0.39 is 0 Å². The monoisotopic (exact) mass is 377 g/mol. The van der Waals surface area contributed by atoms with Crippen LogP contribution in [-0.2, 0) is 4.79 Å². The standard InChI is InChI=1S/C21H39N5O/c1-4-22-20(26-11-9-21(2,3)17-26)23-10-12-24-13-15-25(16-14-24)19(27)18-7-5-6-8-18/h18H,4-17H2,1-3H3,(H,22,23). The Labute approximate surface area is 165 Å². The van der Waals surface area contributed by atoms with Crippen molar-refractivity contribution in [1.29, 1.82) is 0 Å². The highest BCUT2D eigenvalue weighted by Crippen LogP contribution is 2.29. The van der Waals surface area contributed by atoms with Crippen molar-refractivity contribution in [3.8, 4) is 0 Å². The van der Waals surface area contributed by atoms with Crippen LogP contribution >= 0.6 is 0 Å². The van der Waals surface area contributed by atoms with Crippen LogP contribution in [0.2, 0.25) is 0 Å². The number of nitrogens with zero attached hydrogens (tertiary/aromatic N) is 4. The lowest BCUT2D eigenvalue weighted by Crippen LogP contribution is -2.50. The van der Waals surface area contributed by atoms with Crippen molar-refractivity contribution >= 4 is 11.9 Å². The average Bonchev–Trinajstić information content (AvgIpc) is 3.30. The Morgan fingerprint density at radius 1 is 1.07 bits per heavy atom. The molecule has 27 heavy (non-hydrogen) atoms. The molecule has 1 amide bonds. The second-order valence-electron chi connectivity index (χ2n) is 9.22. The zero-order valence-electron chi connectivity index (χ0n) is 17.7. The average molecular weight is 378 g/mol. The van der Waals surface area contributed by atoms with Gasteiger partial charge in [0.15, 0.2) is 5.96 Å². The number of likely N-dealkylation sites (tertiary alicyclic amines) is 1. The van der Waals surface area contributed by atoms with Crippen molar-refractivity contribution in [3.63, 3.8) is 0 Å². The number of carbonyl (C=O) groups excluding carboxylic acids is 1. The zero-order valence-corrected chi connectivity index (χ0v) is 17.7. The second kappa shape index (κ2) is 9.26. The first-order valence-electron chi connectivity index (χ1n) is 11.0. The molecule has 3 aliphatic rings. The van der Waals surface area contributed by atoms with Gasteiger partial charge in [-0.05, 0) is 31.6 Å². The largest absolute Gasteiger partial charge is 0.357 e. The summed E-state index contributed by atoms with van der Waals surface area (Å²) in [5.74, 6) is 1.79. The number of aliphatic imine (C=N–C) groups is 1. The maximum absolute atomic E-state index is 12.6. The van der Waals surface area contributed by atoms with Gasteiger partial charge in [-0.25, -0.2) is 0 Å². The number of guanidine groups is 1. The molecule has 0 aromatic heterocycles. The first-order valence-corrected chi connectivity index (χ1v) is 11.0. The quantitative estimate of drug-likeness (QED) is 0.588. The molecular formula is C21H39N5O. The Bertz CT molecular complexity index is 519. The number of rotatable bonds is 5. The van der Waals surface area contributed by atoms with Crippen LogP contribution in [0.1, 0.15) is 52.9 Å². The van der Waals surface area contributed by atoms with Crippen molar-refractivity contribution < 1.29 is 4.79 Å². The summed E-state index contributed by atoms with van der Waals surface area (Å²) in [5.41, 5.74) is 0.387. The molecule has 1 N–H and O–H groups in total. The Balaban J connectivity index is 1.42. The molecule has 2 saturated heterocycles. The Kier molecular flexibility index (Phi) is 7.01. The van der Waals surface area contributed by atoms with Gasteiger partial charge in [-0.2, -0.15) is 0 Å². The van der Waals surface area contributed by atoms with Gasteiger partial charge >= 0.3 is 0 Å². The fraction of sp³-hybridized carbons (Fsp3) is 0.905. The third-order valence-corrected chi connectivity index (χ3v) is 6.38. The Hall–Kier alpha value is -1.30. The number of nitrogens with one attached hydrogen (secondary N) is 1. The molecule has 0 radical (unpaired) electrons. The predicted molar refractivity (Wildman–Crippen MR) is 111 cm³/mol. The van der Waals surface area contributed by atoms with E-state index in [4.69, 9.17) is 4.99 Å². The van der Waals surface area contributed by atoms with Gasteiger partial charge < -0.3 is 15.1 Å². The van der Waals surface area contributed by atoms with E-state index in [1.165, 1.54) is 19.3 Å². The van der Waals surface area contributed by atoms with Crippen molar-refractivity contribution in [1.82, 2.24) is 20.0 Å². The van der Waals surface area contributed by atoms with Crippen LogP contribution in [-0.4, -0.2) is 85.5 Å². The van der Waals surface area contributed by atoms with Crippen molar-refractivity contribution in [2.24, 2.45) is 16.3 Å². The van der Waals surface area contributed by atoms with Gasteiger partial charge in [0.1, 0.15) is 0 Å². The Morgan fingerprint density at radius 3 is 2.37 bits per heavy atom. The minimum Gasteiger partial charge on any atom is -0.357 e. The summed E-state index contributed by atoms with van der Waals surface area (Å²) in [7, 11) is 0. The van der Waals surface area contributed by atoms with Crippen LogP contribution in [0.3, 0.4) is 0 Å². The number of hydrogen-bond acceptors (Lipinski definition) is 3. The summed E-state index contributed by atoms with van der Waals surface area (Å²) >= 11 is 0. The van der Waals surface area contributed by atoms with Crippen LogP contribution in [0, 0.1) is 11.3 Å². The predicted octanol–water partition coefficient (Wildman–Crippen LogP) is 2.02. The molecule has 0 bridgehead atoms. The molecule has 2 heterocycles. The SMILES string of the molecule is CCNC(=NCCN1CCN(C(=O)C2CCCC2)CC1)N1CCC(C)(C)C1. The van der Waals surface area contributed by atoms with Crippen molar-refractivity contribution in [2.45, 2.75) is 52.9 Å². The highest BCUT2D eigenvalue weighted by Gasteiger charge is 2.31. The summed E-state index contributed by atoms with van der Waals surface area (Å²) in [5, 5.41) is 3.46. The third kappa shape index (κ3) is 5.59. The summed E-state index contributed by atoms with van der Waals surface area (Å²) < 4.78 is 0. The van der Waals surface area contributed by atoms with Gasteiger partial charge in [0.25, 0.3) is 0 Å². The minimum atomic E-state index is 0.313. The van der Waals surface area contributed by atoms with E-state index in [0.717, 1.165) is 77.7 Å². The van der Waals surface area contributed by atoms with Crippen LogP contribution in [0.4, 0.5) is 0 Å². The van der Waals surface area contributed by atoms with Crippen LogP contribution in [0.5, 0.6) is 0 Å². The summed E-state index contributed by atoms with van der Waals surface area (Å²) in [6.45, 7) is 15.5. The number of carbonyl (C=O) groups is 1. The number of piperazine rings is 1.